The van der Waals surface area contributed by atoms with Gasteiger partial charge in [0.05, 0.1) is 12.5 Å². The molecule has 6 heteroatoms. The van der Waals surface area contributed by atoms with Gasteiger partial charge in [-0.25, -0.2) is 0 Å². The highest BCUT2D eigenvalue weighted by Crippen LogP contribution is 2.20. The van der Waals surface area contributed by atoms with Crippen molar-refractivity contribution in [2.24, 2.45) is 11.7 Å². The van der Waals surface area contributed by atoms with Crippen LogP contribution in [0.2, 0.25) is 0 Å². The Bertz CT molecular complexity index is 574. The van der Waals surface area contributed by atoms with Crippen LogP contribution >= 0.6 is 0 Å². The molecule has 26 heavy (non-hydrogen) atoms. The van der Waals surface area contributed by atoms with E-state index in [4.69, 9.17) is 10.5 Å². The molecule has 1 fully saturated rings. The summed E-state index contributed by atoms with van der Waals surface area (Å²) in [6.07, 6.45) is 5.01. The van der Waals surface area contributed by atoms with Gasteiger partial charge in [0.1, 0.15) is 5.75 Å². The third kappa shape index (κ3) is 6.02. The van der Waals surface area contributed by atoms with E-state index < -0.39 is 0 Å². The summed E-state index contributed by atoms with van der Waals surface area (Å²) in [5, 5.41) is 2.82. The van der Waals surface area contributed by atoms with Gasteiger partial charge in [0.25, 0.3) is 5.91 Å². The molecular weight excluding hydrogens is 330 g/mol. The van der Waals surface area contributed by atoms with Crippen LogP contribution in [0.1, 0.15) is 49.4 Å². The van der Waals surface area contributed by atoms with E-state index in [1.54, 1.807) is 17.0 Å². The molecule has 0 radical (unpaired) electrons. The zero-order chi connectivity index (χ0) is 18.8. The quantitative estimate of drug-likeness (QED) is 0.660. The molecule has 1 atom stereocenters. The number of benzene rings is 1. The minimum absolute atomic E-state index is 0.0104. The molecule has 0 aliphatic carbocycles. The average Bonchev–Trinajstić information content (AvgIpc) is 2.69. The predicted octanol–water partition coefficient (Wildman–Crippen LogP) is 2.18. The Hall–Kier alpha value is -2.08. The van der Waals surface area contributed by atoms with E-state index in [2.05, 4.69) is 12.2 Å². The van der Waals surface area contributed by atoms with Gasteiger partial charge in [-0.3, -0.25) is 9.59 Å². The highest BCUT2D eigenvalue weighted by Gasteiger charge is 2.28. The van der Waals surface area contributed by atoms with Gasteiger partial charge in [-0.2, -0.15) is 0 Å². The van der Waals surface area contributed by atoms with E-state index in [-0.39, 0.29) is 17.7 Å². The van der Waals surface area contributed by atoms with Crippen LogP contribution in [-0.4, -0.2) is 49.5 Å². The van der Waals surface area contributed by atoms with E-state index in [1.165, 1.54) is 0 Å². The van der Waals surface area contributed by atoms with Gasteiger partial charge in [-0.15, -0.1) is 0 Å². The minimum Gasteiger partial charge on any atom is -0.494 e. The maximum atomic E-state index is 12.7. The molecule has 1 unspecified atom stereocenters. The van der Waals surface area contributed by atoms with Crippen molar-refractivity contribution >= 4 is 11.8 Å². The Morgan fingerprint density at radius 3 is 2.73 bits per heavy atom. The van der Waals surface area contributed by atoms with E-state index in [0.29, 0.717) is 38.3 Å². The summed E-state index contributed by atoms with van der Waals surface area (Å²) in [5.74, 6) is 0.596. The number of nitrogens with zero attached hydrogens (tertiary/aromatic N) is 1. The van der Waals surface area contributed by atoms with E-state index in [9.17, 15) is 9.59 Å². The van der Waals surface area contributed by atoms with E-state index >= 15 is 0 Å². The summed E-state index contributed by atoms with van der Waals surface area (Å²) in [4.78, 5) is 26.6. The number of nitrogens with two attached hydrogens (primary N) is 1. The van der Waals surface area contributed by atoms with Crippen molar-refractivity contribution in [3.05, 3.63) is 29.8 Å². The van der Waals surface area contributed by atoms with Crippen molar-refractivity contribution in [2.45, 2.75) is 39.0 Å². The summed E-state index contributed by atoms with van der Waals surface area (Å²) in [5.41, 5.74) is 6.06. The first-order valence-electron chi connectivity index (χ1n) is 9.65. The molecule has 1 aromatic rings. The lowest BCUT2D eigenvalue weighted by molar-refractivity contribution is -0.126. The number of unbranched alkanes of at least 4 members (excludes halogenated alkanes) is 2. The lowest BCUT2D eigenvalue weighted by atomic mass is 9.96. The van der Waals surface area contributed by atoms with Gasteiger partial charge >= 0.3 is 0 Å². The van der Waals surface area contributed by atoms with Gasteiger partial charge in [0.15, 0.2) is 0 Å². The summed E-state index contributed by atoms with van der Waals surface area (Å²) in [6.45, 7) is 4.91. The van der Waals surface area contributed by atoms with Crippen LogP contribution in [-0.2, 0) is 4.79 Å². The first kappa shape index (κ1) is 20.2. The monoisotopic (exact) mass is 361 g/mol. The van der Waals surface area contributed by atoms with Gasteiger partial charge in [0.2, 0.25) is 5.91 Å². The topological polar surface area (TPSA) is 84.7 Å². The number of hydrogen-bond acceptors (Lipinski definition) is 4. The average molecular weight is 361 g/mol. The molecule has 3 N–H and O–H groups in total. The van der Waals surface area contributed by atoms with Crippen LogP contribution in [0.15, 0.2) is 24.3 Å². The number of carbonyl (C=O) groups excluding carboxylic acids is 2. The molecule has 1 aliphatic rings. The Labute approximate surface area is 156 Å². The van der Waals surface area contributed by atoms with Crippen molar-refractivity contribution in [1.82, 2.24) is 10.2 Å². The number of hydrogen-bond donors (Lipinski definition) is 2. The molecule has 2 amide bonds. The largest absolute Gasteiger partial charge is 0.494 e. The molecule has 1 heterocycles. The first-order valence-corrected chi connectivity index (χ1v) is 9.65. The highest BCUT2D eigenvalue weighted by molar-refractivity contribution is 5.94. The molecule has 1 saturated heterocycles. The Kier molecular flexibility index (Phi) is 8.41. The van der Waals surface area contributed by atoms with E-state index in [0.717, 1.165) is 37.9 Å². The Morgan fingerprint density at radius 1 is 1.27 bits per heavy atom. The highest BCUT2D eigenvalue weighted by atomic mass is 16.5. The third-order valence-electron chi connectivity index (χ3n) is 4.64. The molecule has 0 aromatic heterocycles. The summed E-state index contributed by atoms with van der Waals surface area (Å²) in [6, 6.07) is 7.29. The molecule has 0 saturated carbocycles. The van der Waals surface area contributed by atoms with Gasteiger partial charge < -0.3 is 20.7 Å². The minimum atomic E-state index is -0.152. The molecule has 1 aromatic carbocycles. The number of nitrogens with one attached hydrogen (secondary N) is 1. The molecule has 1 aliphatic heterocycles. The van der Waals surface area contributed by atoms with Crippen molar-refractivity contribution in [1.29, 1.82) is 0 Å². The molecule has 2 rings (SSSR count). The molecule has 0 spiro atoms. The maximum absolute atomic E-state index is 12.7. The zero-order valence-corrected chi connectivity index (χ0v) is 15.7. The van der Waals surface area contributed by atoms with Crippen LogP contribution in [0.4, 0.5) is 0 Å². The predicted molar refractivity (Wildman–Crippen MR) is 102 cm³/mol. The number of amides is 2. The summed E-state index contributed by atoms with van der Waals surface area (Å²) < 4.78 is 5.69. The molecule has 144 valence electrons. The third-order valence-corrected chi connectivity index (χ3v) is 4.64. The SMILES string of the molecule is CCCCCOc1ccc(C(=O)N2CCCC(C(=O)NCCN)C2)cc1. The van der Waals surface area contributed by atoms with Crippen molar-refractivity contribution in [2.75, 3.05) is 32.8 Å². The number of ether oxygens (including phenoxy) is 1. The molecule has 0 bridgehead atoms. The number of rotatable bonds is 9. The van der Waals surface area contributed by atoms with E-state index in [1.807, 2.05) is 12.1 Å². The molecule has 6 nitrogen and oxygen atoms in total. The van der Waals surface area contributed by atoms with Crippen LogP contribution in [0, 0.1) is 5.92 Å². The molecular formula is C20H31N3O3. The van der Waals surface area contributed by atoms with Crippen molar-refractivity contribution < 1.29 is 14.3 Å². The van der Waals surface area contributed by atoms with Crippen LogP contribution < -0.4 is 15.8 Å². The second kappa shape index (κ2) is 10.8. The second-order valence-electron chi connectivity index (χ2n) is 6.75. The summed E-state index contributed by atoms with van der Waals surface area (Å²) >= 11 is 0. The fourth-order valence-corrected chi connectivity index (χ4v) is 3.13. The van der Waals surface area contributed by atoms with Crippen LogP contribution in [0.5, 0.6) is 5.75 Å². The van der Waals surface area contributed by atoms with Gasteiger partial charge in [0, 0.05) is 31.7 Å². The zero-order valence-electron chi connectivity index (χ0n) is 15.7. The fraction of sp³-hybridized carbons (Fsp3) is 0.600. The maximum Gasteiger partial charge on any atom is 0.253 e. The fourth-order valence-electron chi connectivity index (χ4n) is 3.13. The number of likely N-dealkylation sites (tertiary alicyclic amines) is 1. The first-order chi connectivity index (χ1) is 12.7. The van der Waals surface area contributed by atoms with Crippen molar-refractivity contribution in [3.63, 3.8) is 0 Å². The van der Waals surface area contributed by atoms with Crippen molar-refractivity contribution in [3.8, 4) is 5.75 Å². The van der Waals surface area contributed by atoms with Crippen LogP contribution in [0.25, 0.3) is 0 Å². The number of piperidine rings is 1. The standard InChI is InChI=1S/C20H31N3O3/c1-2-3-4-14-26-18-9-7-16(8-10-18)20(25)23-13-5-6-17(15-23)19(24)22-12-11-21/h7-10,17H,2-6,11-15,21H2,1H3,(H,22,24). The normalized spacial score (nSPS) is 17.0. The Balaban J connectivity index is 1.88. The lowest BCUT2D eigenvalue weighted by Gasteiger charge is -2.32. The number of carbonyl (C=O) groups is 2. The lowest BCUT2D eigenvalue weighted by Crippen LogP contribution is -2.46. The second-order valence-corrected chi connectivity index (χ2v) is 6.75. The smallest absolute Gasteiger partial charge is 0.253 e. The van der Waals surface area contributed by atoms with Crippen LogP contribution in [0.3, 0.4) is 0 Å². The summed E-state index contributed by atoms with van der Waals surface area (Å²) in [7, 11) is 0. The Morgan fingerprint density at radius 2 is 2.04 bits per heavy atom. The van der Waals surface area contributed by atoms with Gasteiger partial charge in [-0.05, 0) is 43.5 Å². The van der Waals surface area contributed by atoms with Gasteiger partial charge in [-0.1, -0.05) is 19.8 Å².